The van der Waals surface area contributed by atoms with Crippen molar-refractivity contribution < 1.29 is 9.84 Å². The Kier molecular flexibility index (Phi) is 5.61. The van der Waals surface area contributed by atoms with Gasteiger partial charge in [-0.25, -0.2) is 4.68 Å². The summed E-state index contributed by atoms with van der Waals surface area (Å²) in [6.07, 6.45) is 2.14. The molecule has 0 amide bonds. The summed E-state index contributed by atoms with van der Waals surface area (Å²) in [5.74, 6) is 0. The van der Waals surface area contributed by atoms with Gasteiger partial charge in [0.25, 0.3) is 0 Å². The third-order valence-electron chi connectivity index (χ3n) is 3.99. The van der Waals surface area contributed by atoms with Crippen LogP contribution in [0.1, 0.15) is 17.4 Å². The van der Waals surface area contributed by atoms with E-state index < -0.39 is 6.10 Å². The highest BCUT2D eigenvalue weighted by Crippen LogP contribution is 2.17. The van der Waals surface area contributed by atoms with Crippen LogP contribution in [0.2, 0.25) is 5.02 Å². The van der Waals surface area contributed by atoms with Crippen molar-refractivity contribution >= 4 is 11.6 Å². The van der Waals surface area contributed by atoms with Gasteiger partial charge in [-0.2, -0.15) is 0 Å². The quantitative estimate of drug-likeness (QED) is 0.867. The Balaban J connectivity index is 1.51. The van der Waals surface area contributed by atoms with Gasteiger partial charge in [-0.3, -0.25) is 4.90 Å². The first-order chi connectivity index (χ1) is 11.2. The van der Waals surface area contributed by atoms with E-state index in [1.165, 1.54) is 0 Å². The Morgan fingerprint density at radius 1 is 1.22 bits per heavy atom. The maximum Gasteiger partial charge on any atom is 0.0986 e. The average Bonchev–Trinajstić information content (AvgIpc) is 3.02. The molecule has 0 saturated carbocycles. The van der Waals surface area contributed by atoms with Gasteiger partial charge >= 0.3 is 0 Å². The van der Waals surface area contributed by atoms with E-state index >= 15 is 0 Å². The van der Waals surface area contributed by atoms with E-state index in [1.807, 2.05) is 18.3 Å². The van der Waals surface area contributed by atoms with Gasteiger partial charge in [0.15, 0.2) is 0 Å². The normalized spacial score (nSPS) is 17.3. The molecule has 0 spiro atoms. The number of ether oxygens (including phenoxy) is 1. The van der Waals surface area contributed by atoms with Gasteiger partial charge in [0.2, 0.25) is 0 Å². The Labute approximate surface area is 140 Å². The highest BCUT2D eigenvalue weighted by atomic mass is 35.5. The minimum absolute atomic E-state index is 0.381. The molecule has 3 rings (SSSR count). The number of aromatic nitrogens is 3. The van der Waals surface area contributed by atoms with E-state index in [2.05, 4.69) is 15.2 Å². The monoisotopic (exact) mass is 336 g/mol. The fourth-order valence-electron chi connectivity index (χ4n) is 2.61. The van der Waals surface area contributed by atoms with E-state index in [-0.39, 0.29) is 0 Å². The molecule has 2 heterocycles. The zero-order valence-electron chi connectivity index (χ0n) is 12.9. The largest absolute Gasteiger partial charge is 0.386 e. The topological polar surface area (TPSA) is 63.4 Å². The average molecular weight is 337 g/mol. The highest BCUT2D eigenvalue weighted by Gasteiger charge is 2.13. The number of hydrogen-bond donors (Lipinski definition) is 1. The molecule has 6 nitrogen and oxygen atoms in total. The number of hydrogen-bond acceptors (Lipinski definition) is 5. The zero-order chi connectivity index (χ0) is 16.1. The van der Waals surface area contributed by atoms with E-state index in [1.54, 1.807) is 16.8 Å². The smallest absolute Gasteiger partial charge is 0.0986 e. The number of aliphatic hydroxyl groups is 1. The summed E-state index contributed by atoms with van der Waals surface area (Å²) < 4.78 is 7.03. The zero-order valence-corrected chi connectivity index (χ0v) is 13.7. The fourth-order valence-corrected chi connectivity index (χ4v) is 2.73. The first-order valence-corrected chi connectivity index (χ1v) is 8.21. The highest BCUT2D eigenvalue weighted by molar-refractivity contribution is 6.30. The van der Waals surface area contributed by atoms with Crippen LogP contribution in [0.5, 0.6) is 0 Å². The summed E-state index contributed by atoms with van der Waals surface area (Å²) in [4.78, 5) is 2.37. The predicted molar refractivity (Wildman–Crippen MR) is 87.4 cm³/mol. The van der Waals surface area contributed by atoms with Crippen molar-refractivity contribution in [2.75, 3.05) is 32.8 Å². The second-order valence-electron chi connectivity index (χ2n) is 5.70. The van der Waals surface area contributed by atoms with Crippen LogP contribution in [-0.4, -0.2) is 57.8 Å². The van der Waals surface area contributed by atoms with E-state index in [0.29, 0.717) is 11.6 Å². The molecule has 1 fully saturated rings. The van der Waals surface area contributed by atoms with E-state index in [0.717, 1.165) is 50.5 Å². The van der Waals surface area contributed by atoms with Crippen LogP contribution in [-0.2, 0) is 17.7 Å². The number of rotatable bonds is 6. The Morgan fingerprint density at radius 2 is 1.96 bits per heavy atom. The Bertz CT molecular complexity index is 611. The van der Waals surface area contributed by atoms with Crippen LogP contribution in [0.3, 0.4) is 0 Å². The van der Waals surface area contributed by atoms with Crippen molar-refractivity contribution in [2.45, 2.75) is 19.1 Å². The predicted octanol–water partition coefficient (Wildman–Crippen LogP) is 1.54. The summed E-state index contributed by atoms with van der Waals surface area (Å²) in [7, 11) is 0. The first kappa shape index (κ1) is 16.4. The molecule has 1 saturated heterocycles. The van der Waals surface area contributed by atoms with Gasteiger partial charge < -0.3 is 9.84 Å². The lowest BCUT2D eigenvalue weighted by Gasteiger charge is -2.25. The van der Waals surface area contributed by atoms with Gasteiger partial charge in [-0.05, 0) is 17.7 Å². The van der Waals surface area contributed by atoms with Crippen molar-refractivity contribution in [3.05, 3.63) is 46.7 Å². The van der Waals surface area contributed by atoms with E-state index in [9.17, 15) is 5.11 Å². The van der Waals surface area contributed by atoms with Crippen molar-refractivity contribution in [3.63, 3.8) is 0 Å². The van der Waals surface area contributed by atoms with Crippen molar-refractivity contribution in [3.8, 4) is 0 Å². The summed E-state index contributed by atoms with van der Waals surface area (Å²) in [6, 6.07) is 7.19. The summed E-state index contributed by atoms with van der Waals surface area (Å²) in [6.45, 7) is 4.90. The number of benzene rings is 1. The molecule has 0 radical (unpaired) electrons. The minimum atomic E-state index is -0.624. The molecule has 1 N–H and O–H groups in total. The summed E-state index contributed by atoms with van der Waals surface area (Å²) >= 11 is 5.86. The molecule has 2 aromatic rings. The standard InChI is InChI=1S/C16H21ClN4O2/c17-14-3-1-13(2-4-14)16(22)12-21-11-15(18-19-21)5-6-20-7-9-23-10-8-20/h1-4,11,16,22H,5-10,12H2/t16-/m0/s1. The van der Waals surface area contributed by atoms with E-state index in [4.69, 9.17) is 16.3 Å². The third kappa shape index (κ3) is 4.75. The van der Waals surface area contributed by atoms with Gasteiger partial charge in [0.05, 0.1) is 31.6 Å². The molecule has 23 heavy (non-hydrogen) atoms. The van der Waals surface area contributed by atoms with Gasteiger partial charge in [-0.1, -0.05) is 28.9 Å². The molecule has 0 unspecified atom stereocenters. The molecule has 7 heteroatoms. The molecule has 1 atom stereocenters. The lowest BCUT2D eigenvalue weighted by Crippen LogP contribution is -2.37. The van der Waals surface area contributed by atoms with Crippen LogP contribution in [0.4, 0.5) is 0 Å². The fraction of sp³-hybridized carbons (Fsp3) is 0.500. The molecular formula is C16H21ClN4O2. The lowest BCUT2D eigenvalue weighted by molar-refractivity contribution is 0.0383. The van der Waals surface area contributed by atoms with Crippen LogP contribution < -0.4 is 0 Å². The van der Waals surface area contributed by atoms with Crippen LogP contribution in [0.15, 0.2) is 30.5 Å². The second kappa shape index (κ2) is 7.88. The Morgan fingerprint density at radius 3 is 2.70 bits per heavy atom. The molecule has 1 aromatic carbocycles. The lowest BCUT2D eigenvalue weighted by atomic mass is 10.1. The molecule has 124 valence electrons. The van der Waals surface area contributed by atoms with Gasteiger partial charge in [-0.15, -0.1) is 5.10 Å². The molecule has 0 bridgehead atoms. The van der Waals surface area contributed by atoms with Crippen molar-refractivity contribution in [2.24, 2.45) is 0 Å². The number of nitrogens with zero attached hydrogens (tertiary/aromatic N) is 4. The summed E-state index contributed by atoms with van der Waals surface area (Å²) in [5.41, 5.74) is 1.76. The number of aliphatic hydroxyl groups excluding tert-OH is 1. The van der Waals surface area contributed by atoms with Crippen molar-refractivity contribution in [1.29, 1.82) is 0 Å². The minimum Gasteiger partial charge on any atom is -0.386 e. The summed E-state index contributed by atoms with van der Waals surface area (Å²) in [5, 5.41) is 19.2. The SMILES string of the molecule is O[C@@H](Cn1cc(CCN2CCOCC2)nn1)c1ccc(Cl)cc1. The van der Waals surface area contributed by atoms with Crippen molar-refractivity contribution in [1.82, 2.24) is 19.9 Å². The van der Waals surface area contributed by atoms with Gasteiger partial charge in [0.1, 0.15) is 0 Å². The molecule has 0 aliphatic carbocycles. The second-order valence-corrected chi connectivity index (χ2v) is 6.14. The van der Waals surface area contributed by atoms with Crippen LogP contribution in [0.25, 0.3) is 0 Å². The van der Waals surface area contributed by atoms with Crippen LogP contribution in [0, 0.1) is 0 Å². The maximum absolute atomic E-state index is 10.3. The molecule has 1 aliphatic heterocycles. The molecular weight excluding hydrogens is 316 g/mol. The Hall–Kier alpha value is -1.47. The third-order valence-corrected chi connectivity index (χ3v) is 4.24. The number of halogens is 1. The maximum atomic E-state index is 10.3. The molecule has 1 aliphatic rings. The number of morpholine rings is 1. The molecule has 1 aromatic heterocycles. The van der Waals surface area contributed by atoms with Gasteiger partial charge in [0, 0.05) is 37.3 Å². The van der Waals surface area contributed by atoms with Crippen LogP contribution >= 0.6 is 11.6 Å². The first-order valence-electron chi connectivity index (χ1n) is 7.83.